The van der Waals surface area contributed by atoms with Gasteiger partial charge in [0.25, 0.3) is 0 Å². The van der Waals surface area contributed by atoms with Crippen molar-refractivity contribution in [1.29, 1.82) is 0 Å². The maximum atomic E-state index is 11.7. The number of hydrogen-bond acceptors (Lipinski definition) is 9. The molecule has 312 valence electrons. The van der Waals surface area contributed by atoms with Gasteiger partial charge in [-0.3, -0.25) is 34.0 Å². The number of carboxylic acids is 3. The fourth-order valence-corrected chi connectivity index (χ4v) is 7.40. The highest BCUT2D eigenvalue weighted by atomic mass is 16.4. The average Bonchev–Trinajstić information content (AvgIpc) is 3.10. The number of β-amino-alcohol motifs (C(OH)–C–C–N with tert-alkyl or cyclic N) is 1. The normalized spacial score (nSPS) is 16.8. The first-order valence-corrected chi connectivity index (χ1v) is 21.6. The van der Waals surface area contributed by atoms with Crippen molar-refractivity contribution in [3.05, 3.63) is 0 Å². The lowest BCUT2D eigenvalue weighted by Gasteiger charge is -2.34. The second kappa shape index (κ2) is 33.5. The summed E-state index contributed by atoms with van der Waals surface area (Å²) >= 11 is 0. The molecular formula is C41H81N5O7. The second-order valence-electron chi connectivity index (χ2n) is 15.6. The predicted molar refractivity (Wildman–Crippen MR) is 215 cm³/mol. The molecule has 1 rings (SSSR count). The molecule has 1 aliphatic heterocycles. The van der Waals surface area contributed by atoms with Crippen LogP contribution >= 0.6 is 0 Å². The molecule has 1 unspecified atom stereocenters. The quantitative estimate of drug-likeness (QED) is 0.0600. The van der Waals surface area contributed by atoms with Crippen LogP contribution in [-0.2, 0) is 14.4 Å². The van der Waals surface area contributed by atoms with E-state index in [9.17, 15) is 34.8 Å². The molecule has 0 aromatic heterocycles. The number of unbranched alkanes of at least 4 members (excludes halogenated alkanes) is 18. The lowest BCUT2D eigenvalue weighted by molar-refractivity contribution is -0.140. The molecule has 12 heteroatoms. The number of rotatable bonds is 32. The molecule has 1 fully saturated rings. The van der Waals surface area contributed by atoms with Crippen LogP contribution in [0.5, 0.6) is 0 Å². The number of carbonyl (C=O) groups is 3. The standard InChI is InChI=1S/C41H81N5O7/c1-3-5-7-9-11-13-15-17-19-21-23-42(24-22-20-18-16-14-12-10-8-6-4-2)33-38(47)34-43-25-27-44(35-39(48)49)29-31-46(37-41(52)53)32-30-45(28-26-43)36-40(50)51/h38,47H,3-37H2,1-2H3,(H,48,49)(H,50,51)(H,52,53). The number of aliphatic hydroxyl groups is 1. The second-order valence-corrected chi connectivity index (χ2v) is 15.6. The SMILES string of the molecule is CCCCCCCCCCCCN(CCCCCCCCCCCC)CC(O)CN1CCN(CC(=O)O)CCN(CC(=O)O)CCN(CC(=O)O)CC1. The highest BCUT2D eigenvalue weighted by Gasteiger charge is 2.22. The first-order chi connectivity index (χ1) is 25.6. The third-order valence-electron chi connectivity index (χ3n) is 10.6. The van der Waals surface area contributed by atoms with Crippen LogP contribution in [0.3, 0.4) is 0 Å². The molecule has 0 aliphatic carbocycles. The molecule has 1 atom stereocenters. The Kier molecular flexibility index (Phi) is 31.1. The van der Waals surface area contributed by atoms with E-state index in [-0.39, 0.29) is 19.6 Å². The molecule has 0 amide bonds. The van der Waals surface area contributed by atoms with Crippen molar-refractivity contribution in [2.75, 3.05) is 98.2 Å². The Morgan fingerprint density at radius 3 is 1.00 bits per heavy atom. The predicted octanol–water partition coefficient (Wildman–Crippen LogP) is 5.97. The maximum Gasteiger partial charge on any atom is 0.317 e. The first-order valence-electron chi connectivity index (χ1n) is 21.6. The zero-order chi connectivity index (χ0) is 38.9. The monoisotopic (exact) mass is 756 g/mol. The Labute approximate surface area is 323 Å². The van der Waals surface area contributed by atoms with E-state index in [0.717, 1.165) is 25.9 Å². The van der Waals surface area contributed by atoms with Gasteiger partial charge in [-0.1, -0.05) is 129 Å². The molecule has 0 spiro atoms. The zero-order valence-electron chi connectivity index (χ0n) is 34.1. The van der Waals surface area contributed by atoms with Crippen LogP contribution < -0.4 is 0 Å². The van der Waals surface area contributed by atoms with Gasteiger partial charge in [-0.25, -0.2) is 0 Å². The number of carboxylic acid groups (broad SMARTS) is 3. The summed E-state index contributed by atoms with van der Waals surface area (Å²) in [4.78, 5) is 44.8. The molecule has 12 nitrogen and oxygen atoms in total. The Morgan fingerprint density at radius 2 is 0.717 bits per heavy atom. The van der Waals surface area contributed by atoms with Crippen LogP contribution in [0, 0.1) is 0 Å². The summed E-state index contributed by atoms with van der Waals surface area (Å²) in [6.07, 6.45) is 25.3. The van der Waals surface area contributed by atoms with Gasteiger partial charge in [0.2, 0.25) is 0 Å². The van der Waals surface area contributed by atoms with Crippen molar-refractivity contribution in [2.24, 2.45) is 0 Å². The van der Waals surface area contributed by atoms with E-state index < -0.39 is 24.0 Å². The maximum absolute atomic E-state index is 11.7. The average molecular weight is 756 g/mol. The first kappa shape index (κ1) is 49.2. The van der Waals surface area contributed by atoms with Gasteiger partial charge in [0.1, 0.15) is 0 Å². The van der Waals surface area contributed by atoms with E-state index in [2.05, 4.69) is 23.6 Å². The van der Waals surface area contributed by atoms with Crippen LogP contribution in [0.1, 0.15) is 142 Å². The molecule has 1 aliphatic rings. The van der Waals surface area contributed by atoms with Gasteiger partial charge in [0, 0.05) is 65.4 Å². The minimum Gasteiger partial charge on any atom is -0.480 e. The van der Waals surface area contributed by atoms with Crippen molar-refractivity contribution in [3.63, 3.8) is 0 Å². The van der Waals surface area contributed by atoms with Crippen molar-refractivity contribution >= 4 is 17.9 Å². The molecule has 0 radical (unpaired) electrons. The largest absolute Gasteiger partial charge is 0.480 e. The minimum absolute atomic E-state index is 0.145. The molecule has 0 aromatic carbocycles. The van der Waals surface area contributed by atoms with Crippen molar-refractivity contribution < 1.29 is 34.8 Å². The summed E-state index contributed by atoms with van der Waals surface area (Å²) in [5, 5.41) is 40.0. The zero-order valence-corrected chi connectivity index (χ0v) is 34.1. The van der Waals surface area contributed by atoms with E-state index in [0.29, 0.717) is 65.4 Å². The molecule has 4 N–H and O–H groups in total. The van der Waals surface area contributed by atoms with Crippen LogP contribution in [0.4, 0.5) is 0 Å². The molecule has 1 saturated heterocycles. The van der Waals surface area contributed by atoms with E-state index >= 15 is 0 Å². The summed E-state index contributed by atoms with van der Waals surface area (Å²) in [6.45, 7) is 10.5. The highest BCUT2D eigenvalue weighted by Crippen LogP contribution is 2.14. The Hall–Kier alpha value is -1.83. The van der Waals surface area contributed by atoms with E-state index in [1.165, 1.54) is 116 Å². The molecule has 0 aromatic rings. The van der Waals surface area contributed by atoms with Crippen molar-refractivity contribution in [3.8, 4) is 0 Å². The van der Waals surface area contributed by atoms with Gasteiger partial charge >= 0.3 is 17.9 Å². The third-order valence-corrected chi connectivity index (χ3v) is 10.6. The summed E-state index contributed by atoms with van der Waals surface area (Å²) in [5.74, 6) is -2.84. The van der Waals surface area contributed by atoms with Crippen LogP contribution in [0.15, 0.2) is 0 Å². The van der Waals surface area contributed by atoms with E-state index in [1.54, 1.807) is 4.90 Å². The van der Waals surface area contributed by atoms with Gasteiger partial charge in [-0.05, 0) is 25.9 Å². The highest BCUT2D eigenvalue weighted by molar-refractivity contribution is 5.69. The number of aliphatic hydroxyl groups excluding tert-OH is 1. The van der Waals surface area contributed by atoms with Crippen molar-refractivity contribution in [2.45, 2.75) is 148 Å². The Bertz CT molecular complexity index is 858. The summed E-state index contributed by atoms with van der Waals surface area (Å²) in [7, 11) is 0. The van der Waals surface area contributed by atoms with Gasteiger partial charge < -0.3 is 25.3 Å². The fraction of sp³-hybridized carbons (Fsp3) is 0.927. The van der Waals surface area contributed by atoms with Gasteiger partial charge in [0.15, 0.2) is 0 Å². The van der Waals surface area contributed by atoms with Gasteiger partial charge in [-0.2, -0.15) is 0 Å². The molecule has 0 bridgehead atoms. The van der Waals surface area contributed by atoms with Gasteiger partial charge in [0.05, 0.1) is 25.7 Å². The van der Waals surface area contributed by atoms with Crippen LogP contribution in [0.2, 0.25) is 0 Å². The lowest BCUT2D eigenvalue weighted by atomic mass is 10.1. The van der Waals surface area contributed by atoms with Crippen LogP contribution in [0.25, 0.3) is 0 Å². The molecule has 0 saturated carbocycles. The number of hydrogen-bond donors (Lipinski definition) is 4. The number of nitrogens with zero attached hydrogens (tertiary/aromatic N) is 5. The smallest absolute Gasteiger partial charge is 0.317 e. The van der Waals surface area contributed by atoms with E-state index in [1.807, 2.05) is 9.80 Å². The molecule has 1 heterocycles. The fourth-order valence-electron chi connectivity index (χ4n) is 7.40. The van der Waals surface area contributed by atoms with Gasteiger partial charge in [-0.15, -0.1) is 0 Å². The van der Waals surface area contributed by atoms with E-state index in [4.69, 9.17) is 0 Å². The summed E-state index contributed by atoms with van der Waals surface area (Å²) in [5.41, 5.74) is 0. The molecule has 53 heavy (non-hydrogen) atoms. The topological polar surface area (TPSA) is 148 Å². The lowest BCUT2D eigenvalue weighted by Crippen LogP contribution is -2.50. The minimum atomic E-state index is -0.970. The summed E-state index contributed by atoms with van der Waals surface area (Å²) in [6, 6.07) is 0. The third kappa shape index (κ3) is 30.1. The summed E-state index contributed by atoms with van der Waals surface area (Å²) < 4.78 is 0. The molecular weight excluding hydrogens is 674 g/mol. The van der Waals surface area contributed by atoms with Crippen LogP contribution in [-0.4, -0.2) is 167 Å². The Balaban J connectivity index is 2.80. The van der Waals surface area contributed by atoms with Crippen molar-refractivity contribution in [1.82, 2.24) is 24.5 Å². The Morgan fingerprint density at radius 1 is 0.453 bits per heavy atom. The number of aliphatic carboxylic acids is 3.